The van der Waals surface area contributed by atoms with Crippen molar-refractivity contribution in [3.63, 3.8) is 0 Å². The van der Waals surface area contributed by atoms with E-state index in [1.54, 1.807) is 35.2 Å². The lowest BCUT2D eigenvalue weighted by molar-refractivity contribution is -0.127. The number of rotatable bonds is 2. The number of aryl methyl sites for hydroxylation is 1. The molecule has 0 bridgehead atoms. The van der Waals surface area contributed by atoms with Crippen molar-refractivity contribution in [2.45, 2.75) is 37.1 Å². The largest absolute Gasteiger partial charge is 0.332 e. The summed E-state index contributed by atoms with van der Waals surface area (Å²) in [6, 6.07) is 6.60. The zero-order valence-electron chi connectivity index (χ0n) is 11.4. The monoisotopic (exact) mass is 291 g/mol. The quantitative estimate of drug-likeness (QED) is 0.838. The summed E-state index contributed by atoms with van der Waals surface area (Å²) in [5.74, 6) is -0.338. The number of piperidine rings is 1. The van der Waals surface area contributed by atoms with Gasteiger partial charge in [0, 0.05) is 6.54 Å². The number of sulfone groups is 1. The van der Waals surface area contributed by atoms with Gasteiger partial charge in [0.2, 0.25) is 9.84 Å². The molecule has 1 unspecified atom stereocenters. The molecule has 20 heavy (non-hydrogen) atoms. The minimum absolute atomic E-state index is 0.0357. The first-order valence-corrected chi connectivity index (χ1v) is 8.33. The van der Waals surface area contributed by atoms with E-state index in [9.17, 15) is 13.2 Å². The summed E-state index contributed by atoms with van der Waals surface area (Å²) in [5, 5.41) is 0. The first-order valence-electron chi connectivity index (χ1n) is 6.85. The maximum absolute atomic E-state index is 12.6. The summed E-state index contributed by atoms with van der Waals surface area (Å²) in [4.78, 5) is 14.1. The Hall–Kier alpha value is -1.62. The Balaban J connectivity index is 1.99. The van der Waals surface area contributed by atoms with Crippen LogP contribution in [0.5, 0.6) is 0 Å². The fourth-order valence-corrected chi connectivity index (χ4v) is 4.25. The predicted molar refractivity (Wildman–Crippen MR) is 75.8 cm³/mol. The van der Waals surface area contributed by atoms with Gasteiger partial charge in [0.1, 0.15) is 4.91 Å². The van der Waals surface area contributed by atoms with Crippen LogP contribution in [0.25, 0.3) is 0 Å². The van der Waals surface area contributed by atoms with Gasteiger partial charge in [-0.1, -0.05) is 17.7 Å². The van der Waals surface area contributed by atoms with Crippen LogP contribution in [0.1, 0.15) is 24.8 Å². The zero-order valence-corrected chi connectivity index (χ0v) is 12.2. The topological polar surface area (TPSA) is 54.5 Å². The highest BCUT2D eigenvalue weighted by Crippen LogP contribution is 2.32. The van der Waals surface area contributed by atoms with Crippen LogP contribution >= 0.6 is 0 Å². The lowest BCUT2D eigenvalue weighted by Crippen LogP contribution is -2.38. The van der Waals surface area contributed by atoms with E-state index in [4.69, 9.17) is 0 Å². The Bertz CT molecular complexity index is 674. The standard InChI is InChI=1S/C15H17NO3S/c1-11-5-7-13(8-6-11)20(18,19)14-10-12-4-2-3-9-16(12)15(14)17/h5-8,10,12H,2-4,9H2,1H3. The molecule has 1 aromatic carbocycles. The third kappa shape index (κ3) is 2.06. The van der Waals surface area contributed by atoms with Gasteiger partial charge in [0.25, 0.3) is 5.91 Å². The van der Waals surface area contributed by atoms with Crippen LogP contribution in [0.2, 0.25) is 0 Å². The molecule has 1 atom stereocenters. The van der Waals surface area contributed by atoms with Crippen LogP contribution in [-0.4, -0.2) is 31.8 Å². The molecule has 3 rings (SSSR count). The first-order chi connectivity index (χ1) is 9.50. The second-order valence-electron chi connectivity index (χ2n) is 5.41. The third-order valence-electron chi connectivity index (χ3n) is 3.99. The van der Waals surface area contributed by atoms with E-state index in [0.29, 0.717) is 6.54 Å². The maximum Gasteiger partial charge on any atom is 0.266 e. The SMILES string of the molecule is Cc1ccc(S(=O)(=O)C2=CC3CCCCN3C2=O)cc1. The van der Waals surface area contributed by atoms with Crippen molar-refractivity contribution < 1.29 is 13.2 Å². The molecule has 106 valence electrons. The number of amides is 1. The van der Waals surface area contributed by atoms with E-state index < -0.39 is 9.84 Å². The minimum atomic E-state index is -3.69. The van der Waals surface area contributed by atoms with Gasteiger partial charge in [-0.3, -0.25) is 4.79 Å². The van der Waals surface area contributed by atoms with E-state index in [0.717, 1.165) is 24.8 Å². The Labute approximate surface area is 119 Å². The summed E-state index contributed by atoms with van der Waals surface area (Å²) >= 11 is 0. The average molecular weight is 291 g/mol. The Morgan fingerprint density at radius 3 is 2.50 bits per heavy atom. The molecule has 1 aromatic rings. The van der Waals surface area contributed by atoms with E-state index in [1.807, 2.05) is 6.92 Å². The molecule has 0 radical (unpaired) electrons. The molecule has 4 nitrogen and oxygen atoms in total. The second-order valence-corrected chi connectivity index (χ2v) is 7.33. The maximum atomic E-state index is 12.6. The lowest BCUT2D eigenvalue weighted by Gasteiger charge is -2.29. The molecule has 2 heterocycles. The van der Waals surface area contributed by atoms with Gasteiger partial charge < -0.3 is 4.90 Å². The van der Waals surface area contributed by atoms with E-state index in [2.05, 4.69) is 0 Å². The molecule has 2 aliphatic rings. The van der Waals surface area contributed by atoms with Crippen molar-refractivity contribution in [3.05, 3.63) is 40.8 Å². The highest BCUT2D eigenvalue weighted by atomic mass is 32.2. The molecular weight excluding hydrogens is 274 g/mol. The number of benzene rings is 1. The Morgan fingerprint density at radius 1 is 1.15 bits per heavy atom. The fraction of sp³-hybridized carbons (Fsp3) is 0.400. The molecule has 1 saturated heterocycles. The smallest absolute Gasteiger partial charge is 0.266 e. The van der Waals surface area contributed by atoms with Crippen LogP contribution in [-0.2, 0) is 14.6 Å². The molecule has 0 aliphatic carbocycles. The van der Waals surface area contributed by atoms with Crippen LogP contribution in [0.15, 0.2) is 40.1 Å². The predicted octanol–water partition coefficient (Wildman–Crippen LogP) is 2.05. The molecule has 0 saturated carbocycles. The van der Waals surface area contributed by atoms with Crippen molar-refractivity contribution in [1.82, 2.24) is 4.90 Å². The van der Waals surface area contributed by atoms with Gasteiger partial charge in [-0.2, -0.15) is 0 Å². The summed E-state index contributed by atoms with van der Waals surface area (Å²) in [5.41, 5.74) is 0.994. The summed E-state index contributed by atoms with van der Waals surface area (Å²) in [6.45, 7) is 2.56. The summed E-state index contributed by atoms with van der Waals surface area (Å²) in [6.07, 6.45) is 4.49. The number of carbonyl (C=O) groups is 1. The van der Waals surface area contributed by atoms with Crippen LogP contribution in [0, 0.1) is 6.92 Å². The molecule has 5 heteroatoms. The van der Waals surface area contributed by atoms with Gasteiger partial charge >= 0.3 is 0 Å². The van der Waals surface area contributed by atoms with Crippen molar-refractivity contribution in [2.24, 2.45) is 0 Å². The summed E-state index contributed by atoms with van der Waals surface area (Å²) < 4.78 is 25.2. The molecule has 2 aliphatic heterocycles. The number of hydrogen-bond donors (Lipinski definition) is 0. The van der Waals surface area contributed by atoms with E-state index >= 15 is 0 Å². The van der Waals surface area contributed by atoms with Crippen molar-refractivity contribution >= 4 is 15.7 Å². The first kappa shape index (κ1) is 13.4. The van der Waals surface area contributed by atoms with E-state index in [1.165, 1.54) is 0 Å². The molecule has 0 aromatic heterocycles. The highest BCUT2D eigenvalue weighted by Gasteiger charge is 2.40. The average Bonchev–Trinajstić information content (AvgIpc) is 2.78. The van der Waals surface area contributed by atoms with Crippen LogP contribution in [0.4, 0.5) is 0 Å². The van der Waals surface area contributed by atoms with Crippen LogP contribution < -0.4 is 0 Å². The lowest BCUT2D eigenvalue weighted by atomic mass is 10.1. The molecular formula is C15H17NO3S. The van der Waals surface area contributed by atoms with E-state index in [-0.39, 0.29) is 21.7 Å². The molecule has 1 fully saturated rings. The number of nitrogens with zero attached hydrogens (tertiary/aromatic N) is 1. The van der Waals surface area contributed by atoms with Gasteiger partial charge in [-0.25, -0.2) is 8.42 Å². The van der Waals surface area contributed by atoms with Crippen molar-refractivity contribution in [2.75, 3.05) is 6.54 Å². The van der Waals surface area contributed by atoms with Crippen molar-refractivity contribution in [3.8, 4) is 0 Å². The minimum Gasteiger partial charge on any atom is -0.332 e. The second kappa shape index (κ2) is 4.74. The highest BCUT2D eigenvalue weighted by molar-refractivity contribution is 7.96. The fourth-order valence-electron chi connectivity index (χ4n) is 2.82. The summed E-state index contributed by atoms with van der Waals surface area (Å²) in [7, 11) is -3.69. The van der Waals surface area contributed by atoms with Gasteiger partial charge in [-0.15, -0.1) is 0 Å². The Morgan fingerprint density at radius 2 is 1.85 bits per heavy atom. The molecule has 0 N–H and O–H groups in total. The number of fused-ring (bicyclic) bond motifs is 1. The Kier molecular flexibility index (Phi) is 3.17. The number of carbonyl (C=O) groups excluding carboxylic acids is 1. The van der Waals surface area contributed by atoms with Crippen LogP contribution in [0.3, 0.4) is 0 Å². The normalized spacial score (nSPS) is 22.6. The molecule has 0 spiro atoms. The third-order valence-corrected chi connectivity index (χ3v) is 5.77. The molecule has 1 amide bonds. The van der Waals surface area contributed by atoms with Gasteiger partial charge in [0.15, 0.2) is 0 Å². The zero-order chi connectivity index (χ0) is 14.3. The van der Waals surface area contributed by atoms with Crippen molar-refractivity contribution in [1.29, 1.82) is 0 Å². The van der Waals surface area contributed by atoms with Gasteiger partial charge in [-0.05, 0) is 44.4 Å². The number of hydrogen-bond acceptors (Lipinski definition) is 3. The van der Waals surface area contributed by atoms with Gasteiger partial charge in [0.05, 0.1) is 10.9 Å².